The Balaban J connectivity index is 2.32. The maximum atomic E-state index is 12.5. The summed E-state index contributed by atoms with van der Waals surface area (Å²) in [5, 5.41) is 2.79. The van der Waals surface area contributed by atoms with Crippen molar-refractivity contribution in [2.45, 2.75) is 26.3 Å². The molecule has 0 unspecified atom stereocenters. The lowest BCUT2D eigenvalue weighted by molar-refractivity contribution is -0.133. The van der Waals surface area contributed by atoms with Crippen molar-refractivity contribution in [1.29, 1.82) is 0 Å². The zero-order valence-electron chi connectivity index (χ0n) is 11.3. The van der Waals surface area contributed by atoms with Gasteiger partial charge in [-0.05, 0) is 38.5 Å². The number of carbonyl (C=O) groups is 2. The minimum absolute atomic E-state index is 0.111. The number of amides is 2. The fraction of sp³-hybridized carbons (Fsp3) is 0.429. The first-order valence-corrected chi connectivity index (χ1v) is 7.00. The van der Waals surface area contributed by atoms with Crippen molar-refractivity contribution in [2.24, 2.45) is 0 Å². The van der Waals surface area contributed by atoms with Crippen molar-refractivity contribution < 1.29 is 9.59 Å². The Morgan fingerprint density at radius 1 is 1.42 bits per heavy atom. The highest BCUT2D eigenvalue weighted by Gasteiger charge is 2.40. The van der Waals surface area contributed by atoms with Crippen LogP contribution in [0.25, 0.3) is 0 Å². The molecule has 1 aromatic carbocycles. The van der Waals surface area contributed by atoms with Crippen LogP contribution in [0.4, 0.5) is 0 Å². The molecule has 102 valence electrons. The molecular formula is C14H17BrN2O2. The maximum Gasteiger partial charge on any atom is 0.254 e. The average molecular weight is 325 g/mol. The zero-order valence-corrected chi connectivity index (χ0v) is 12.9. The van der Waals surface area contributed by atoms with E-state index in [1.807, 2.05) is 13.0 Å². The number of benzene rings is 1. The van der Waals surface area contributed by atoms with Crippen LogP contribution in [0.3, 0.4) is 0 Å². The Labute approximate surface area is 121 Å². The average Bonchev–Trinajstić information content (AvgIpc) is 2.35. The lowest BCUT2D eigenvalue weighted by Crippen LogP contribution is -2.63. The molecule has 5 heteroatoms. The van der Waals surface area contributed by atoms with Gasteiger partial charge < -0.3 is 10.2 Å². The van der Waals surface area contributed by atoms with Gasteiger partial charge in [0.25, 0.3) is 5.91 Å². The molecule has 0 aromatic heterocycles. The van der Waals surface area contributed by atoms with Gasteiger partial charge in [-0.25, -0.2) is 0 Å². The van der Waals surface area contributed by atoms with E-state index < -0.39 is 5.54 Å². The third kappa shape index (κ3) is 2.52. The molecule has 1 N–H and O–H groups in total. The molecule has 1 saturated heterocycles. The maximum absolute atomic E-state index is 12.5. The van der Waals surface area contributed by atoms with Crippen molar-refractivity contribution in [1.82, 2.24) is 10.2 Å². The third-order valence-electron chi connectivity index (χ3n) is 3.52. The van der Waals surface area contributed by atoms with E-state index in [1.54, 1.807) is 30.9 Å². The zero-order chi connectivity index (χ0) is 14.2. The highest BCUT2D eigenvalue weighted by atomic mass is 79.9. The van der Waals surface area contributed by atoms with E-state index in [0.29, 0.717) is 18.7 Å². The molecule has 1 heterocycles. The molecular weight excluding hydrogens is 308 g/mol. The van der Waals surface area contributed by atoms with Crippen molar-refractivity contribution >= 4 is 27.7 Å². The van der Waals surface area contributed by atoms with Crippen LogP contribution >= 0.6 is 15.9 Å². The predicted molar refractivity (Wildman–Crippen MR) is 77.0 cm³/mol. The van der Waals surface area contributed by atoms with Gasteiger partial charge in [0.15, 0.2) is 0 Å². The van der Waals surface area contributed by atoms with Gasteiger partial charge in [0, 0.05) is 23.1 Å². The number of rotatable bonds is 1. The number of carbonyl (C=O) groups excluding carboxylic acids is 2. The van der Waals surface area contributed by atoms with Crippen LogP contribution in [0, 0.1) is 6.92 Å². The molecule has 0 aliphatic carbocycles. The minimum Gasteiger partial charge on any atom is -0.352 e. The number of nitrogens with zero attached hydrogens (tertiary/aromatic N) is 1. The first kappa shape index (κ1) is 14.1. The molecule has 2 amide bonds. The summed E-state index contributed by atoms with van der Waals surface area (Å²) < 4.78 is 0.901. The van der Waals surface area contributed by atoms with Gasteiger partial charge in [-0.2, -0.15) is 0 Å². The summed E-state index contributed by atoms with van der Waals surface area (Å²) in [6.45, 7) is 6.53. The predicted octanol–water partition coefficient (Wildman–Crippen LogP) is 2.11. The van der Waals surface area contributed by atoms with E-state index in [1.165, 1.54) is 0 Å². The number of hydrogen-bond acceptors (Lipinski definition) is 2. The Morgan fingerprint density at radius 3 is 2.74 bits per heavy atom. The highest BCUT2D eigenvalue weighted by Crippen LogP contribution is 2.23. The number of hydrogen-bond donors (Lipinski definition) is 1. The van der Waals surface area contributed by atoms with Crippen molar-refractivity contribution in [2.75, 3.05) is 13.1 Å². The second kappa shape index (κ2) is 4.96. The largest absolute Gasteiger partial charge is 0.352 e. The smallest absolute Gasteiger partial charge is 0.254 e. The molecule has 0 atom stereocenters. The molecule has 1 fully saturated rings. The summed E-state index contributed by atoms with van der Waals surface area (Å²) >= 11 is 3.43. The molecule has 4 nitrogen and oxygen atoms in total. The van der Waals surface area contributed by atoms with Crippen LogP contribution in [0.5, 0.6) is 0 Å². The monoisotopic (exact) mass is 324 g/mol. The summed E-state index contributed by atoms with van der Waals surface area (Å²) in [6.07, 6.45) is 0. The molecule has 0 bridgehead atoms. The molecule has 0 radical (unpaired) electrons. The molecule has 0 spiro atoms. The third-order valence-corrected chi connectivity index (χ3v) is 4.37. The molecule has 1 aromatic rings. The normalized spacial score (nSPS) is 18.1. The fourth-order valence-electron chi connectivity index (χ4n) is 2.14. The van der Waals surface area contributed by atoms with Crippen LogP contribution in [-0.4, -0.2) is 35.3 Å². The number of nitrogens with one attached hydrogen (secondary N) is 1. The first-order chi connectivity index (χ1) is 8.84. The summed E-state index contributed by atoms with van der Waals surface area (Å²) in [5.74, 6) is -0.223. The number of halogens is 1. The summed E-state index contributed by atoms with van der Waals surface area (Å²) in [5.41, 5.74) is 0.861. The van der Waals surface area contributed by atoms with E-state index in [0.717, 1.165) is 10.0 Å². The summed E-state index contributed by atoms with van der Waals surface area (Å²) in [6, 6.07) is 5.50. The van der Waals surface area contributed by atoms with Crippen LogP contribution < -0.4 is 5.32 Å². The van der Waals surface area contributed by atoms with E-state index in [9.17, 15) is 9.59 Å². The van der Waals surface area contributed by atoms with Crippen molar-refractivity contribution in [3.63, 3.8) is 0 Å². The topological polar surface area (TPSA) is 49.4 Å². The molecule has 0 saturated carbocycles. The van der Waals surface area contributed by atoms with Crippen LogP contribution in [-0.2, 0) is 4.79 Å². The lowest BCUT2D eigenvalue weighted by atomic mass is 9.97. The Hall–Kier alpha value is -1.36. The lowest BCUT2D eigenvalue weighted by Gasteiger charge is -2.41. The fourth-order valence-corrected chi connectivity index (χ4v) is 2.52. The van der Waals surface area contributed by atoms with Crippen LogP contribution in [0.1, 0.15) is 29.8 Å². The van der Waals surface area contributed by atoms with Crippen LogP contribution in [0.2, 0.25) is 0 Å². The standard InChI is InChI=1S/C14H17BrN2O2/c1-9-4-5-10(8-11(9)15)12(18)17-7-6-16-13(19)14(17,2)3/h4-5,8H,6-7H2,1-3H3,(H,16,19). The van der Waals surface area contributed by atoms with Crippen LogP contribution in [0.15, 0.2) is 22.7 Å². The highest BCUT2D eigenvalue weighted by molar-refractivity contribution is 9.10. The van der Waals surface area contributed by atoms with E-state index in [2.05, 4.69) is 21.2 Å². The first-order valence-electron chi connectivity index (χ1n) is 6.20. The van der Waals surface area contributed by atoms with Gasteiger partial charge >= 0.3 is 0 Å². The Bertz CT molecular complexity index is 540. The molecule has 19 heavy (non-hydrogen) atoms. The van der Waals surface area contributed by atoms with Gasteiger partial charge in [-0.15, -0.1) is 0 Å². The van der Waals surface area contributed by atoms with E-state index >= 15 is 0 Å². The van der Waals surface area contributed by atoms with Crippen molar-refractivity contribution in [3.05, 3.63) is 33.8 Å². The molecule has 1 aliphatic rings. The second-order valence-electron chi connectivity index (χ2n) is 5.24. The quantitative estimate of drug-likeness (QED) is 0.860. The number of piperazine rings is 1. The van der Waals surface area contributed by atoms with E-state index in [4.69, 9.17) is 0 Å². The minimum atomic E-state index is -0.813. The summed E-state index contributed by atoms with van der Waals surface area (Å²) in [4.78, 5) is 26.0. The van der Waals surface area contributed by atoms with Gasteiger partial charge in [0.05, 0.1) is 0 Å². The van der Waals surface area contributed by atoms with Crippen molar-refractivity contribution in [3.8, 4) is 0 Å². The molecule has 2 rings (SSSR count). The van der Waals surface area contributed by atoms with Gasteiger partial charge in [0.1, 0.15) is 5.54 Å². The Kier molecular flexibility index (Phi) is 3.67. The summed E-state index contributed by atoms with van der Waals surface area (Å²) in [7, 11) is 0. The second-order valence-corrected chi connectivity index (χ2v) is 6.09. The van der Waals surface area contributed by atoms with Gasteiger partial charge in [-0.3, -0.25) is 9.59 Å². The Morgan fingerprint density at radius 2 is 2.11 bits per heavy atom. The number of aryl methyl sites for hydroxylation is 1. The molecule has 1 aliphatic heterocycles. The van der Waals surface area contributed by atoms with Gasteiger partial charge in [-0.1, -0.05) is 22.0 Å². The van der Waals surface area contributed by atoms with Gasteiger partial charge in [0.2, 0.25) is 5.91 Å². The van der Waals surface area contributed by atoms with E-state index in [-0.39, 0.29) is 11.8 Å². The SMILES string of the molecule is Cc1ccc(C(=O)N2CCNC(=O)C2(C)C)cc1Br.